The van der Waals surface area contributed by atoms with Crippen molar-refractivity contribution in [2.45, 2.75) is 66.3 Å². The Morgan fingerprint density at radius 3 is 2.52 bits per heavy atom. The standard InChI is InChI=1S/C23H34ClN5/c1-7-10-13-29-22-19(17(8-2)9-3)12-11-18(24)14-20(22)26-23(29)27(5)21-15-25-28(6)16(21)4/h11-12,15,17H,7-10,13-14H2,1-6H3. The van der Waals surface area contributed by atoms with E-state index >= 15 is 0 Å². The first kappa shape index (κ1) is 21.7. The molecule has 0 saturated carbocycles. The van der Waals surface area contributed by atoms with E-state index in [4.69, 9.17) is 16.6 Å². The molecule has 1 aliphatic rings. The van der Waals surface area contributed by atoms with Crippen LogP contribution in [0.2, 0.25) is 0 Å². The van der Waals surface area contributed by atoms with Crippen LogP contribution in [0.3, 0.4) is 0 Å². The monoisotopic (exact) mass is 415 g/mol. The minimum atomic E-state index is 0.503. The fourth-order valence-corrected chi connectivity index (χ4v) is 4.37. The van der Waals surface area contributed by atoms with Crippen molar-refractivity contribution >= 4 is 28.8 Å². The lowest BCUT2D eigenvalue weighted by Crippen LogP contribution is -2.18. The number of anilines is 2. The zero-order valence-electron chi connectivity index (χ0n) is 18.7. The number of rotatable bonds is 8. The van der Waals surface area contributed by atoms with E-state index in [2.05, 4.69) is 61.5 Å². The van der Waals surface area contributed by atoms with Gasteiger partial charge in [0.2, 0.25) is 5.95 Å². The van der Waals surface area contributed by atoms with Gasteiger partial charge in [0.15, 0.2) is 0 Å². The summed E-state index contributed by atoms with van der Waals surface area (Å²) < 4.78 is 4.32. The van der Waals surface area contributed by atoms with Crippen LogP contribution < -0.4 is 4.90 Å². The van der Waals surface area contributed by atoms with Gasteiger partial charge in [-0.05, 0) is 43.8 Å². The van der Waals surface area contributed by atoms with Crippen molar-refractivity contribution in [3.05, 3.63) is 40.5 Å². The summed E-state index contributed by atoms with van der Waals surface area (Å²) in [5, 5.41) is 5.28. The zero-order valence-corrected chi connectivity index (χ0v) is 19.4. The molecule has 158 valence electrons. The average molecular weight is 416 g/mol. The smallest absolute Gasteiger partial charge is 0.210 e. The summed E-state index contributed by atoms with van der Waals surface area (Å²) in [7, 11) is 4.07. The van der Waals surface area contributed by atoms with E-state index in [0.717, 1.165) is 60.3 Å². The number of aryl methyl sites for hydroxylation is 1. The van der Waals surface area contributed by atoms with Crippen LogP contribution in [0.4, 0.5) is 11.6 Å². The number of hydrogen-bond acceptors (Lipinski definition) is 3. The second-order valence-electron chi connectivity index (χ2n) is 7.94. The molecule has 0 unspecified atom stereocenters. The van der Waals surface area contributed by atoms with E-state index in [1.807, 2.05) is 17.9 Å². The molecule has 0 aromatic carbocycles. The number of hydrogen-bond donors (Lipinski definition) is 0. The van der Waals surface area contributed by atoms with Gasteiger partial charge in [-0.2, -0.15) is 5.10 Å². The Morgan fingerprint density at radius 1 is 1.21 bits per heavy atom. The SMILES string of the molecule is CCCCn1c(N(C)c2cnn(C)c2C)nc2c1C(C(CC)CC)=CC=C(Cl)C2. The molecule has 0 aliphatic heterocycles. The number of halogens is 1. The predicted octanol–water partition coefficient (Wildman–Crippen LogP) is 5.99. The number of aromatic nitrogens is 4. The lowest BCUT2D eigenvalue weighted by atomic mass is 9.90. The molecule has 0 spiro atoms. The molecule has 2 aromatic heterocycles. The van der Waals surface area contributed by atoms with Crippen molar-refractivity contribution in [3.63, 3.8) is 0 Å². The summed E-state index contributed by atoms with van der Waals surface area (Å²) in [6.07, 6.45) is 11.4. The third kappa shape index (κ3) is 4.16. The van der Waals surface area contributed by atoms with Crippen LogP contribution >= 0.6 is 11.6 Å². The van der Waals surface area contributed by atoms with Gasteiger partial charge in [0, 0.05) is 32.1 Å². The van der Waals surface area contributed by atoms with Gasteiger partial charge >= 0.3 is 0 Å². The van der Waals surface area contributed by atoms with Crippen LogP contribution in [0.15, 0.2) is 23.4 Å². The van der Waals surface area contributed by atoms with Crippen LogP contribution in [-0.4, -0.2) is 26.4 Å². The number of imidazole rings is 1. The van der Waals surface area contributed by atoms with Gasteiger partial charge in [-0.15, -0.1) is 0 Å². The normalized spacial score (nSPS) is 13.9. The van der Waals surface area contributed by atoms with Crippen molar-refractivity contribution in [3.8, 4) is 0 Å². The highest BCUT2D eigenvalue weighted by Crippen LogP contribution is 2.38. The number of fused-ring (bicyclic) bond motifs is 1. The maximum atomic E-state index is 6.54. The third-order valence-electron chi connectivity index (χ3n) is 6.10. The van der Waals surface area contributed by atoms with Gasteiger partial charge in [-0.25, -0.2) is 4.98 Å². The molecule has 0 atom stereocenters. The number of nitrogens with zero attached hydrogens (tertiary/aromatic N) is 5. The van der Waals surface area contributed by atoms with Gasteiger partial charge in [0.25, 0.3) is 0 Å². The second-order valence-corrected chi connectivity index (χ2v) is 8.42. The first-order valence-electron chi connectivity index (χ1n) is 10.8. The average Bonchev–Trinajstić information content (AvgIpc) is 3.17. The first-order valence-corrected chi connectivity index (χ1v) is 11.2. The molecule has 0 saturated heterocycles. The summed E-state index contributed by atoms with van der Waals surface area (Å²) >= 11 is 6.54. The highest BCUT2D eigenvalue weighted by atomic mass is 35.5. The molecule has 3 rings (SSSR count). The van der Waals surface area contributed by atoms with Gasteiger partial charge in [0.1, 0.15) is 0 Å². The fraction of sp³-hybridized carbons (Fsp3) is 0.565. The molecular weight excluding hydrogens is 382 g/mol. The number of unbranched alkanes of at least 4 members (excludes halogenated alkanes) is 1. The number of allylic oxidation sites excluding steroid dienone is 4. The molecule has 2 aromatic rings. The Morgan fingerprint density at radius 2 is 1.93 bits per heavy atom. The van der Waals surface area contributed by atoms with E-state index < -0.39 is 0 Å². The Bertz CT molecular complexity index is 914. The second kappa shape index (κ2) is 9.21. The molecule has 2 heterocycles. The van der Waals surface area contributed by atoms with Crippen LogP contribution in [0.5, 0.6) is 0 Å². The summed E-state index contributed by atoms with van der Waals surface area (Å²) in [6.45, 7) is 9.82. The molecular formula is C23H34ClN5. The molecule has 0 amide bonds. The van der Waals surface area contributed by atoms with Gasteiger partial charge in [-0.1, -0.05) is 44.9 Å². The summed E-state index contributed by atoms with van der Waals surface area (Å²) in [5.41, 5.74) is 5.93. The summed E-state index contributed by atoms with van der Waals surface area (Å²) in [5.74, 6) is 1.48. The highest BCUT2D eigenvalue weighted by Gasteiger charge is 2.28. The Balaban J connectivity index is 2.18. The highest BCUT2D eigenvalue weighted by molar-refractivity contribution is 6.30. The molecule has 29 heavy (non-hydrogen) atoms. The van der Waals surface area contributed by atoms with Crippen LogP contribution in [-0.2, 0) is 20.0 Å². The minimum Gasteiger partial charge on any atom is -0.312 e. The van der Waals surface area contributed by atoms with E-state index in [1.54, 1.807) is 0 Å². The molecule has 0 radical (unpaired) electrons. The predicted molar refractivity (Wildman–Crippen MR) is 123 cm³/mol. The van der Waals surface area contributed by atoms with Crippen LogP contribution in [0, 0.1) is 12.8 Å². The van der Waals surface area contributed by atoms with E-state index in [9.17, 15) is 0 Å². The van der Waals surface area contributed by atoms with Crippen molar-refractivity contribution < 1.29 is 0 Å². The summed E-state index contributed by atoms with van der Waals surface area (Å²) in [6, 6.07) is 0. The maximum Gasteiger partial charge on any atom is 0.210 e. The van der Waals surface area contributed by atoms with E-state index in [1.165, 1.54) is 11.3 Å². The lowest BCUT2D eigenvalue weighted by molar-refractivity contribution is 0.594. The van der Waals surface area contributed by atoms with Gasteiger partial charge < -0.3 is 9.47 Å². The maximum absolute atomic E-state index is 6.54. The molecule has 0 N–H and O–H groups in total. The Hall–Kier alpha value is -2.01. The van der Waals surface area contributed by atoms with E-state index in [0.29, 0.717) is 12.3 Å². The fourth-order valence-electron chi connectivity index (χ4n) is 4.18. The van der Waals surface area contributed by atoms with Crippen LogP contribution in [0.1, 0.15) is 63.5 Å². The van der Waals surface area contributed by atoms with E-state index in [-0.39, 0.29) is 0 Å². The third-order valence-corrected chi connectivity index (χ3v) is 6.36. The Labute approximate surface area is 180 Å². The lowest BCUT2D eigenvalue weighted by Gasteiger charge is -2.23. The van der Waals surface area contributed by atoms with Crippen molar-refractivity contribution in [2.24, 2.45) is 13.0 Å². The molecule has 1 aliphatic carbocycles. The first-order chi connectivity index (χ1) is 13.9. The largest absolute Gasteiger partial charge is 0.312 e. The molecule has 6 heteroatoms. The van der Waals surface area contributed by atoms with Crippen LogP contribution in [0.25, 0.3) is 5.57 Å². The van der Waals surface area contributed by atoms with Crippen molar-refractivity contribution in [1.29, 1.82) is 0 Å². The topological polar surface area (TPSA) is 38.9 Å². The molecule has 5 nitrogen and oxygen atoms in total. The minimum absolute atomic E-state index is 0.503. The van der Waals surface area contributed by atoms with Gasteiger partial charge in [-0.3, -0.25) is 4.68 Å². The van der Waals surface area contributed by atoms with Crippen molar-refractivity contribution in [2.75, 3.05) is 11.9 Å². The summed E-state index contributed by atoms with van der Waals surface area (Å²) in [4.78, 5) is 7.30. The zero-order chi connectivity index (χ0) is 21.1. The van der Waals surface area contributed by atoms with Gasteiger partial charge in [0.05, 0.1) is 29.0 Å². The van der Waals surface area contributed by atoms with Crippen molar-refractivity contribution in [1.82, 2.24) is 19.3 Å². The molecule has 0 bridgehead atoms. The molecule has 0 fully saturated rings. The quantitative estimate of drug-likeness (QED) is 0.531. The Kier molecular flexibility index (Phi) is 6.89.